The van der Waals surface area contributed by atoms with Gasteiger partial charge in [0, 0.05) is 44.2 Å². The summed E-state index contributed by atoms with van der Waals surface area (Å²) in [5.74, 6) is 0.128. The highest BCUT2D eigenvalue weighted by atomic mass is 16.2. The molecule has 6 heteroatoms. The third kappa shape index (κ3) is 4.31. The molecule has 3 amide bonds. The molecule has 156 valence electrons. The Bertz CT molecular complexity index is 807. The van der Waals surface area contributed by atoms with E-state index in [0.29, 0.717) is 32.5 Å². The molecular formula is C23H31N3O3. The Labute approximate surface area is 172 Å². The summed E-state index contributed by atoms with van der Waals surface area (Å²) in [7, 11) is 0. The van der Waals surface area contributed by atoms with Crippen molar-refractivity contribution >= 4 is 17.7 Å². The molecule has 2 saturated heterocycles. The lowest BCUT2D eigenvalue weighted by Crippen LogP contribution is -2.50. The molecule has 1 aromatic carbocycles. The zero-order valence-electron chi connectivity index (χ0n) is 17.3. The number of amides is 3. The van der Waals surface area contributed by atoms with Crippen LogP contribution in [0, 0.1) is 5.92 Å². The van der Waals surface area contributed by atoms with Gasteiger partial charge in [0.15, 0.2) is 0 Å². The van der Waals surface area contributed by atoms with Gasteiger partial charge in [0.25, 0.3) is 5.91 Å². The molecule has 0 saturated carbocycles. The molecule has 0 spiro atoms. The SMILES string of the molecule is CCN1CC(C(=O)N2CCCC[C@H](NC(=O)c3ccc4c(c3)CC4)C2)CCC1=O. The van der Waals surface area contributed by atoms with Crippen molar-refractivity contribution in [2.75, 3.05) is 26.2 Å². The highest BCUT2D eigenvalue weighted by Crippen LogP contribution is 2.24. The molecule has 2 aliphatic heterocycles. The minimum atomic E-state index is -0.116. The van der Waals surface area contributed by atoms with Crippen molar-refractivity contribution in [2.45, 2.75) is 57.9 Å². The summed E-state index contributed by atoms with van der Waals surface area (Å²) in [6, 6.07) is 5.95. The summed E-state index contributed by atoms with van der Waals surface area (Å²) in [6.07, 6.45) is 6.11. The van der Waals surface area contributed by atoms with Gasteiger partial charge in [-0.1, -0.05) is 6.07 Å². The van der Waals surface area contributed by atoms with Gasteiger partial charge in [0.1, 0.15) is 0 Å². The Hall–Kier alpha value is -2.37. The average Bonchev–Trinajstić information content (AvgIpc) is 2.94. The van der Waals surface area contributed by atoms with E-state index in [1.165, 1.54) is 11.1 Å². The molecule has 4 rings (SSSR count). The Kier molecular flexibility index (Phi) is 5.88. The van der Waals surface area contributed by atoms with E-state index in [1.54, 1.807) is 4.90 Å². The molecular weight excluding hydrogens is 366 g/mol. The maximum atomic E-state index is 13.1. The van der Waals surface area contributed by atoms with Crippen LogP contribution in [-0.2, 0) is 22.4 Å². The van der Waals surface area contributed by atoms with Crippen LogP contribution in [0.15, 0.2) is 18.2 Å². The minimum absolute atomic E-state index is 0.0208. The van der Waals surface area contributed by atoms with Crippen molar-refractivity contribution in [2.24, 2.45) is 5.92 Å². The van der Waals surface area contributed by atoms with Crippen molar-refractivity contribution < 1.29 is 14.4 Å². The molecule has 0 radical (unpaired) electrons. The van der Waals surface area contributed by atoms with E-state index in [2.05, 4.69) is 11.4 Å². The molecule has 6 nitrogen and oxygen atoms in total. The average molecular weight is 398 g/mol. The minimum Gasteiger partial charge on any atom is -0.348 e. The van der Waals surface area contributed by atoms with Crippen molar-refractivity contribution in [1.29, 1.82) is 0 Å². The van der Waals surface area contributed by atoms with Crippen molar-refractivity contribution in [1.82, 2.24) is 15.1 Å². The second kappa shape index (κ2) is 8.56. The van der Waals surface area contributed by atoms with Gasteiger partial charge >= 0.3 is 0 Å². The molecule has 0 bridgehead atoms. The van der Waals surface area contributed by atoms with Crippen LogP contribution in [0.4, 0.5) is 0 Å². The summed E-state index contributed by atoms with van der Waals surface area (Å²) in [4.78, 5) is 41.5. The number of likely N-dealkylation sites (tertiary alicyclic amines) is 2. The van der Waals surface area contributed by atoms with Gasteiger partial charge in [0.05, 0.1) is 5.92 Å². The van der Waals surface area contributed by atoms with Crippen molar-refractivity contribution in [3.05, 3.63) is 34.9 Å². The van der Waals surface area contributed by atoms with Crippen LogP contribution in [0.5, 0.6) is 0 Å². The molecule has 2 heterocycles. The summed E-state index contributed by atoms with van der Waals surface area (Å²) in [5, 5.41) is 3.16. The lowest BCUT2D eigenvalue weighted by Gasteiger charge is -2.35. The number of hydrogen-bond donors (Lipinski definition) is 1. The van der Waals surface area contributed by atoms with Crippen LogP contribution in [-0.4, -0.2) is 59.7 Å². The van der Waals surface area contributed by atoms with Crippen LogP contribution in [0.25, 0.3) is 0 Å². The second-order valence-corrected chi connectivity index (χ2v) is 8.60. The quantitative estimate of drug-likeness (QED) is 0.846. The zero-order chi connectivity index (χ0) is 20.4. The first-order valence-corrected chi connectivity index (χ1v) is 11.0. The number of piperidine rings is 1. The lowest BCUT2D eigenvalue weighted by molar-refractivity contribution is -0.143. The topological polar surface area (TPSA) is 69.7 Å². The predicted octanol–water partition coefficient (Wildman–Crippen LogP) is 2.15. The first-order valence-electron chi connectivity index (χ1n) is 11.0. The van der Waals surface area contributed by atoms with Crippen LogP contribution >= 0.6 is 0 Å². The standard InChI is InChI=1S/C23H31N3O3/c1-2-25-14-19(10-11-21(25)27)23(29)26-12-4-3-5-20(15-26)24-22(28)18-9-7-16-6-8-17(16)13-18/h7,9,13,19-20H,2-6,8,10-12,14-15H2,1H3,(H,24,28)/t19?,20-/m0/s1. The largest absolute Gasteiger partial charge is 0.348 e. The monoisotopic (exact) mass is 397 g/mol. The third-order valence-electron chi connectivity index (χ3n) is 6.68. The lowest BCUT2D eigenvalue weighted by atomic mass is 9.87. The second-order valence-electron chi connectivity index (χ2n) is 8.60. The number of nitrogens with zero attached hydrogens (tertiary/aromatic N) is 2. The zero-order valence-corrected chi connectivity index (χ0v) is 17.3. The molecule has 0 aromatic heterocycles. The maximum absolute atomic E-state index is 13.1. The van der Waals surface area contributed by atoms with Crippen LogP contribution < -0.4 is 5.32 Å². The number of rotatable bonds is 4. The van der Waals surface area contributed by atoms with E-state index < -0.39 is 0 Å². The van der Waals surface area contributed by atoms with Gasteiger partial charge < -0.3 is 15.1 Å². The van der Waals surface area contributed by atoms with E-state index in [1.807, 2.05) is 24.0 Å². The van der Waals surface area contributed by atoms with Gasteiger partial charge in [-0.05, 0) is 68.7 Å². The van der Waals surface area contributed by atoms with Gasteiger partial charge in [-0.3, -0.25) is 14.4 Å². The van der Waals surface area contributed by atoms with E-state index in [0.717, 1.165) is 44.2 Å². The molecule has 1 N–H and O–H groups in total. The maximum Gasteiger partial charge on any atom is 0.251 e. The fourth-order valence-electron chi connectivity index (χ4n) is 4.75. The van der Waals surface area contributed by atoms with Gasteiger partial charge in [-0.15, -0.1) is 0 Å². The molecule has 1 aliphatic carbocycles. The first-order chi connectivity index (χ1) is 14.0. The number of carbonyl (C=O) groups is 3. The highest BCUT2D eigenvalue weighted by molar-refractivity contribution is 5.95. The molecule has 29 heavy (non-hydrogen) atoms. The summed E-state index contributed by atoms with van der Waals surface area (Å²) >= 11 is 0. The van der Waals surface area contributed by atoms with E-state index >= 15 is 0 Å². The molecule has 1 unspecified atom stereocenters. The Morgan fingerprint density at radius 3 is 2.62 bits per heavy atom. The molecule has 1 aromatic rings. The van der Waals surface area contributed by atoms with Crippen LogP contribution in [0.1, 0.15) is 60.5 Å². The smallest absolute Gasteiger partial charge is 0.251 e. The van der Waals surface area contributed by atoms with Crippen molar-refractivity contribution in [3.8, 4) is 0 Å². The number of hydrogen-bond acceptors (Lipinski definition) is 3. The van der Waals surface area contributed by atoms with E-state index in [9.17, 15) is 14.4 Å². The fraction of sp³-hybridized carbons (Fsp3) is 0.609. The molecule has 3 aliphatic rings. The first kappa shape index (κ1) is 19.9. The van der Waals surface area contributed by atoms with E-state index in [4.69, 9.17) is 0 Å². The highest BCUT2D eigenvalue weighted by Gasteiger charge is 2.33. The number of nitrogens with one attached hydrogen (secondary N) is 1. The van der Waals surface area contributed by atoms with Gasteiger partial charge in [-0.2, -0.15) is 0 Å². The number of carbonyl (C=O) groups excluding carboxylic acids is 3. The Balaban J connectivity index is 1.38. The molecule has 2 atom stereocenters. The van der Waals surface area contributed by atoms with E-state index in [-0.39, 0.29) is 29.7 Å². The predicted molar refractivity (Wildman–Crippen MR) is 111 cm³/mol. The number of fused-ring (bicyclic) bond motifs is 1. The van der Waals surface area contributed by atoms with Crippen molar-refractivity contribution in [3.63, 3.8) is 0 Å². The molecule has 2 fully saturated rings. The van der Waals surface area contributed by atoms with Gasteiger partial charge in [-0.25, -0.2) is 0 Å². The third-order valence-corrected chi connectivity index (χ3v) is 6.68. The summed E-state index contributed by atoms with van der Waals surface area (Å²) in [6.45, 7) is 4.44. The Morgan fingerprint density at radius 1 is 1.07 bits per heavy atom. The summed E-state index contributed by atoms with van der Waals surface area (Å²) in [5.41, 5.74) is 3.34. The fourth-order valence-corrected chi connectivity index (χ4v) is 4.75. The number of aryl methyl sites for hydroxylation is 2. The number of benzene rings is 1. The van der Waals surface area contributed by atoms with Crippen LogP contribution in [0.3, 0.4) is 0 Å². The van der Waals surface area contributed by atoms with Crippen LogP contribution in [0.2, 0.25) is 0 Å². The summed E-state index contributed by atoms with van der Waals surface area (Å²) < 4.78 is 0. The Morgan fingerprint density at radius 2 is 1.90 bits per heavy atom. The van der Waals surface area contributed by atoms with Gasteiger partial charge in [0.2, 0.25) is 11.8 Å². The normalized spacial score (nSPS) is 24.4.